The number of halogens is 2. The molecule has 1 aromatic heterocycles. The van der Waals surface area contributed by atoms with Gasteiger partial charge >= 0.3 is 0 Å². The highest BCUT2D eigenvalue weighted by molar-refractivity contribution is 9.10. The third kappa shape index (κ3) is 1.91. The molecule has 1 fully saturated rings. The van der Waals surface area contributed by atoms with Crippen LogP contribution >= 0.6 is 15.9 Å². The maximum Gasteiger partial charge on any atom is 0.146 e. The van der Waals surface area contributed by atoms with Crippen LogP contribution in [0.2, 0.25) is 0 Å². The second-order valence-corrected chi connectivity index (χ2v) is 4.97. The van der Waals surface area contributed by atoms with Crippen molar-refractivity contribution in [1.82, 2.24) is 4.98 Å². The molecule has 0 bridgehead atoms. The van der Waals surface area contributed by atoms with Gasteiger partial charge in [-0.1, -0.05) is 0 Å². The summed E-state index contributed by atoms with van der Waals surface area (Å²) in [6.07, 6.45) is 0.181. The van der Waals surface area contributed by atoms with E-state index in [1.807, 2.05) is 0 Å². The molecule has 0 spiro atoms. The van der Waals surface area contributed by atoms with Crippen molar-refractivity contribution in [2.24, 2.45) is 11.7 Å². The molecule has 3 atom stereocenters. The van der Waals surface area contributed by atoms with Crippen LogP contribution in [0.3, 0.4) is 0 Å². The molecule has 1 aliphatic rings. The number of rotatable bonds is 2. The predicted molar refractivity (Wildman–Crippen MR) is 57.5 cm³/mol. The molecule has 1 saturated carbocycles. The van der Waals surface area contributed by atoms with E-state index in [0.29, 0.717) is 11.0 Å². The van der Waals surface area contributed by atoms with Crippen molar-refractivity contribution >= 4 is 15.9 Å². The number of hydrogen-bond donors (Lipinski definition) is 2. The second-order valence-electron chi connectivity index (χ2n) is 4.16. The highest BCUT2D eigenvalue weighted by atomic mass is 79.9. The van der Waals surface area contributed by atoms with Crippen molar-refractivity contribution in [2.45, 2.75) is 25.0 Å². The zero-order valence-corrected chi connectivity index (χ0v) is 9.83. The van der Waals surface area contributed by atoms with E-state index in [9.17, 15) is 9.50 Å². The molecule has 3 nitrogen and oxygen atoms in total. The third-order valence-electron chi connectivity index (χ3n) is 2.85. The van der Waals surface area contributed by atoms with Gasteiger partial charge in [0.2, 0.25) is 0 Å². The fourth-order valence-electron chi connectivity index (χ4n) is 1.80. The standard InChI is InChI=1S/C10H12BrFN2O/c1-10(13,5-4-7(5)15)9-6(12)2-3-8(11)14-9/h2-3,5,7,15H,4,13H2,1H3. The van der Waals surface area contributed by atoms with Gasteiger partial charge in [0.25, 0.3) is 0 Å². The Morgan fingerprint density at radius 3 is 2.80 bits per heavy atom. The van der Waals surface area contributed by atoms with Crippen LogP contribution in [0.15, 0.2) is 16.7 Å². The summed E-state index contributed by atoms with van der Waals surface area (Å²) in [5.74, 6) is -0.531. The van der Waals surface area contributed by atoms with Crippen LogP contribution in [0.5, 0.6) is 0 Å². The molecule has 2 rings (SSSR count). The topological polar surface area (TPSA) is 59.1 Å². The van der Waals surface area contributed by atoms with Crippen LogP contribution in [0, 0.1) is 11.7 Å². The average Bonchev–Trinajstić information content (AvgIpc) is 2.87. The molecule has 0 radical (unpaired) electrons. The lowest BCUT2D eigenvalue weighted by atomic mass is 9.92. The van der Waals surface area contributed by atoms with Gasteiger partial charge in [0.1, 0.15) is 10.4 Å². The first-order valence-electron chi connectivity index (χ1n) is 4.72. The Kier molecular flexibility index (Phi) is 2.56. The third-order valence-corrected chi connectivity index (χ3v) is 3.29. The molecule has 0 aromatic carbocycles. The largest absolute Gasteiger partial charge is 0.393 e. The average molecular weight is 275 g/mol. The Bertz CT molecular complexity index is 397. The number of aliphatic hydroxyl groups excluding tert-OH is 1. The van der Waals surface area contributed by atoms with Gasteiger partial charge in [-0.05, 0) is 41.4 Å². The summed E-state index contributed by atoms with van der Waals surface area (Å²) in [5, 5.41) is 9.34. The number of nitrogens with zero attached hydrogens (tertiary/aromatic N) is 1. The monoisotopic (exact) mass is 274 g/mol. The van der Waals surface area contributed by atoms with Crippen molar-refractivity contribution in [3.8, 4) is 0 Å². The van der Waals surface area contributed by atoms with E-state index in [1.54, 1.807) is 6.92 Å². The van der Waals surface area contributed by atoms with Gasteiger partial charge in [0, 0.05) is 5.92 Å². The predicted octanol–water partition coefficient (Wildman–Crippen LogP) is 1.54. The zero-order chi connectivity index (χ0) is 11.2. The van der Waals surface area contributed by atoms with Crippen LogP contribution < -0.4 is 5.73 Å². The first kappa shape index (κ1) is 11.0. The van der Waals surface area contributed by atoms with Gasteiger partial charge in [-0.25, -0.2) is 9.37 Å². The minimum atomic E-state index is -0.909. The minimum absolute atomic E-state index is 0.103. The number of aliphatic hydroxyl groups is 1. The quantitative estimate of drug-likeness (QED) is 0.805. The molecular formula is C10H12BrFN2O. The summed E-state index contributed by atoms with van der Waals surface area (Å²) < 4.78 is 14.1. The van der Waals surface area contributed by atoms with E-state index in [0.717, 1.165) is 0 Å². The fraction of sp³-hybridized carbons (Fsp3) is 0.500. The van der Waals surface area contributed by atoms with Gasteiger partial charge in [0.15, 0.2) is 0 Å². The molecule has 1 aromatic rings. The van der Waals surface area contributed by atoms with Crippen LogP contribution in [0.1, 0.15) is 19.0 Å². The molecule has 0 saturated heterocycles. The van der Waals surface area contributed by atoms with Crippen molar-refractivity contribution in [3.05, 3.63) is 28.2 Å². The molecule has 3 N–H and O–H groups in total. The second kappa shape index (κ2) is 3.50. The van der Waals surface area contributed by atoms with Crippen molar-refractivity contribution in [3.63, 3.8) is 0 Å². The maximum atomic E-state index is 13.5. The van der Waals surface area contributed by atoms with Gasteiger partial charge < -0.3 is 10.8 Å². The Hall–Kier alpha value is -0.520. The summed E-state index contributed by atoms with van der Waals surface area (Å²) in [6.45, 7) is 1.70. The van der Waals surface area contributed by atoms with E-state index in [1.165, 1.54) is 12.1 Å². The first-order chi connectivity index (χ1) is 6.93. The number of aromatic nitrogens is 1. The van der Waals surface area contributed by atoms with Crippen LogP contribution in [0.25, 0.3) is 0 Å². The minimum Gasteiger partial charge on any atom is -0.393 e. The molecule has 5 heteroatoms. The van der Waals surface area contributed by atoms with Gasteiger partial charge in [-0.3, -0.25) is 0 Å². The summed E-state index contributed by atoms with van der Waals surface area (Å²) in [5.41, 5.74) is 5.32. The summed E-state index contributed by atoms with van der Waals surface area (Å²) in [7, 11) is 0. The lowest BCUT2D eigenvalue weighted by molar-refractivity contribution is 0.225. The molecule has 82 valence electrons. The summed E-state index contributed by atoms with van der Waals surface area (Å²) >= 11 is 3.18. The Balaban J connectivity index is 2.39. The van der Waals surface area contributed by atoms with Crippen LogP contribution in [0.4, 0.5) is 4.39 Å². The van der Waals surface area contributed by atoms with E-state index in [2.05, 4.69) is 20.9 Å². The first-order valence-corrected chi connectivity index (χ1v) is 5.51. The smallest absolute Gasteiger partial charge is 0.146 e. The Morgan fingerprint density at radius 2 is 2.27 bits per heavy atom. The highest BCUT2D eigenvalue weighted by Gasteiger charge is 2.50. The molecule has 3 unspecified atom stereocenters. The van der Waals surface area contributed by atoms with Gasteiger partial charge in [0.05, 0.1) is 17.3 Å². The number of pyridine rings is 1. The van der Waals surface area contributed by atoms with E-state index in [4.69, 9.17) is 5.73 Å². The zero-order valence-electron chi connectivity index (χ0n) is 8.24. The number of hydrogen-bond acceptors (Lipinski definition) is 3. The van der Waals surface area contributed by atoms with E-state index < -0.39 is 17.5 Å². The fourth-order valence-corrected chi connectivity index (χ4v) is 2.11. The van der Waals surface area contributed by atoms with E-state index in [-0.39, 0.29) is 11.6 Å². The Labute approximate surface area is 95.6 Å². The van der Waals surface area contributed by atoms with Gasteiger partial charge in [-0.2, -0.15) is 0 Å². The lowest BCUT2D eigenvalue weighted by Gasteiger charge is -2.24. The summed E-state index contributed by atoms with van der Waals surface area (Å²) in [4.78, 5) is 4.05. The van der Waals surface area contributed by atoms with Crippen LogP contribution in [-0.2, 0) is 5.54 Å². The molecular weight excluding hydrogens is 263 g/mol. The lowest BCUT2D eigenvalue weighted by Crippen LogP contribution is -2.38. The van der Waals surface area contributed by atoms with Crippen molar-refractivity contribution in [1.29, 1.82) is 0 Å². The highest BCUT2D eigenvalue weighted by Crippen LogP contribution is 2.44. The molecule has 15 heavy (non-hydrogen) atoms. The van der Waals surface area contributed by atoms with Crippen LogP contribution in [-0.4, -0.2) is 16.2 Å². The van der Waals surface area contributed by atoms with Gasteiger partial charge in [-0.15, -0.1) is 0 Å². The van der Waals surface area contributed by atoms with Crippen molar-refractivity contribution < 1.29 is 9.50 Å². The Morgan fingerprint density at radius 1 is 1.67 bits per heavy atom. The summed E-state index contributed by atoms with van der Waals surface area (Å²) in [6, 6.07) is 2.85. The normalized spacial score (nSPS) is 28.6. The molecule has 0 amide bonds. The van der Waals surface area contributed by atoms with E-state index >= 15 is 0 Å². The maximum absolute atomic E-state index is 13.5. The molecule has 0 aliphatic heterocycles. The number of nitrogens with two attached hydrogens (primary N) is 1. The van der Waals surface area contributed by atoms with Crippen molar-refractivity contribution in [2.75, 3.05) is 0 Å². The SMILES string of the molecule is CC(N)(c1nc(Br)ccc1F)C1CC1O. The molecule has 1 heterocycles. The molecule has 1 aliphatic carbocycles.